The van der Waals surface area contributed by atoms with E-state index in [1.54, 1.807) is 32.0 Å². The molecule has 1 heterocycles. The molecule has 1 aliphatic rings. The topological polar surface area (TPSA) is 77.1 Å². The molecule has 0 saturated heterocycles. The summed E-state index contributed by atoms with van der Waals surface area (Å²) in [5, 5.41) is 3.73. The molecule has 1 unspecified atom stereocenters. The van der Waals surface area contributed by atoms with Gasteiger partial charge in [0.1, 0.15) is 0 Å². The van der Waals surface area contributed by atoms with Gasteiger partial charge in [0.15, 0.2) is 0 Å². The van der Waals surface area contributed by atoms with Crippen molar-refractivity contribution in [1.29, 1.82) is 0 Å². The summed E-state index contributed by atoms with van der Waals surface area (Å²) in [6.07, 6.45) is 1.88. The highest BCUT2D eigenvalue weighted by atomic mass is 35.5. The first-order valence-corrected chi connectivity index (χ1v) is 11.6. The lowest BCUT2D eigenvalue weighted by atomic mass is 9.80. The fraction of sp³-hybridized carbons (Fsp3) is 0.500. The van der Waals surface area contributed by atoms with Gasteiger partial charge >= 0.3 is 11.9 Å². The first kappa shape index (κ1) is 27.2. The van der Waals surface area contributed by atoms with Gasteiger partial charge in [0.05, 0.1) is 53.1 Å². The van der Waals surface area contributed by atoms with E-state index < -0.39 is 17.9 Å². The number of esters is 2. The van der Waals surface area contributed by atoms with Crippen molar-refractivity contribution in [3.05, 3.63) is 56.3 Å². The van der Waals surface area contributed by atoms with E-state index in [4.69, 9.17) is 37.4 Å². The van der Waals surface area contributed by atoms with Crippen molar-refractivity contribution >= 4 is 35.1 Å². The number of nitrogens with zero attached hydrogens (tertiary/aromatic N) is 1. The highest BCUT2D eigenvalue weighted by Gasteiger charge is 2.40. The minimum absolute atomic E-state index is 0.149. The molecule has 1 N–H and O–H groups in total. The van der Waals surface area contributed by atoms with Crippen LogP contribution in [0.3, 0.4) is 0 Å². The number of hydrogen-bond donors (Lipinski definition) is 1. The number of carbonyl (C=O) groups excluding carboxylic acids is 2. The lowest BCUT2D eigenvalue weighted by molar-refractivity contribution is -0.139. The van der Waals surface area contributed by atoms with Crippen LogP contribution >= 0.6 is 23.2 Å². The predicted molar refractivity (Wildman–Crippen MR) is 129 cm³/mol. The molecule has 2 rings (SSSR count). The number of allylic oxidation sites excluding steroid dienone is 1. The highest BCUT2D eigenvalue weighted by molar-refractivity contribution is 6.42. The minimum atomic E-state index is -0.823. The van der Waals surface area contributed by atoms with E-state index in [-0.39, 0.29) is 29.4 Å². The number of hydrogen-bond acceptors (Lipinski definition) is 7. The number of benzene rings is 1. The van der Waals surface area contributed by atoms with Crippen LogP contribution in [0.5, 0.6) is 0 Å². The van der Waals surface area contributed by atoms with E-state index in [0.717, 1.165) is 19.4 Å². The first-order chi connectivity index (χ1) is 15.7. The second kappa shape index (κ2) is 13.0. The van der Waals surface area contributed by atoms with E-state index in [2.05, 4.69) is 10.2 Å². The van der Waals surface area contributed by atoms with Gasteiger partial charge in [-0.3, -0.25) is 0 Å². The molecule has 1 aliphatic heterocycles. The fourth-order valence-corrected chi connectivity index (χ4v) is 4.12. The van der Waals surface area contributed by atoms with Gasteiger partial charge in [-0.2, -0.15) is 0 Å². The average molecular weight is 499 g/mol. The van der Waals surface area contributed by atoms with Gasteiger partial charge in [-0.25, -0.2) is 9.59 Å². The number of rotatable bonds is 11. The van der Waals surface area contributed by atoms with E-state index in [1.165, 1.54) is 7.11 Å². The summed E-state index contributed by atoms with van der Waals surface area (Å²) in [4.78, 5) is 28.0. The maximum absolute atomic E-state index is 13.1. The number of dihydropyridines is 1. The third kappa shape index (κ3) is 6.96. The van der Waals surface area contributed by atoms with Gasteiger partial charge < -0.3 is 24.4 Å². The van der Waals surface area contributed by atoms with Gasteiger partial charge in [0.25, 0.3) is 0 Å². The van der Waals surface area contributed by atoms with Crippen molar-refractivity contribution < 1.29 is 23.8 Å². The largest absolute Gasteiger partial charge is 0.466 e. The van der Waals surface area contributed by atoms with Gasteiger partial charge in [-0.05, 0) is 59.0 Å². The summed E-state index contributed by atoms with van der Waals surface area (Å²) in [7, 11) is 5.34. The monoisotopic (exact) mass is 498 g/mol. The van der Waals surface area contributed by atoms with Crippen molar-refractivity contribution in [2.75, 3.05) is 47.6 Å². The van der Waals surface area contributed by atoms with Crippen LogP contribution in [0, 0.1) is 0 Å². The normalized spacial score (nSPS) is 16.2. The molecule has 0 fully saturated rings. The molecule has 0 saturated carbocycles. The molecule has 0 radical (unpaired) electrons. The quantitative estimate of drug-likeness (QED) is 0.359. The van der Waals surface area contributed by atoms with Gasteiger partial charge in [-0.15, -0.1) is 0 Å². The Balaban J connectivity index is 2.48. The SMILES string of the molecule is CCOC(=O)C1=C(COCCCCN(C)C)NC(C)=C(C(=O)OC)C1c1cccc(Cl)c1Cl. The van der Waals surface area contributed by atoms with Crippen molar-refractivity contribution in [2.45, 2.75) is 32.6 Å². The van der Waals surface area contributed by atoms with E-state index in [1.807, 2.05) is 14.1 Å². The summed E-state index contributed by atoms with van der Waals surface area (Å²) in [5.74, 6) is -1.96. The third-order valence-corrected chi connectivity index (χ3v) is 6.06. The number of carbonyl (C=O) groups is 2. The van der Waals surface area contributed by atoms with Crippen LogP contribution in [0.25, 0.3) is 0 Å². The second-order valence-electron chi connectivity index (χ2n) is 7.91. The lowest BCUT2D eigenvalue weighted by Gasteiger charge is -2.32. The molecule has 7 nitrogen and oxygen atoms in total. The molecule has 33 heavy (non-hydrogen) atoms. The Morgan fingerprint density at radius 2 is 1.85 bits per heavy atom. The van der Waals surface area contributed by atoms with Gasteiger partial charge in [0.2, 0.25) is 0 Å². The zero-order valence-corrected chi connectivity index (χ0v) is 21.3. The Bertz CT molecular complexity index is 927. The molecular formula is C24H32Cl2N2O5. The van der Waals surface area contributed by atoms with Gasteiger partial charge in [0, 0.05) is 12.3 Å². The maximum atomic E-state index is 13.1. The van der Waals surface area contributed by atoms with Crippen LogP contribution in [-0.4, -0.2) is 64.4 Å². The number of methoxy groups -OCH3 is 1. The number of ether oxygens (including phenoxy) is 3. The first-order valence-electron chi connectivity index (χ1n) is 10.9. The van der Waals surface area contributed by atoms with Crippen LogP contribution in [0.1, 0.15) is 38.2 Å². The molecule has 0 aromatic heterocycles. The van der Waals surface area contributed by atoms with Crippen molar-refractivity contribution in [3.63, 3.8) is 0 Å². The van der Waals surface area contributed by atoms with Crippen LogP contribution < -0.4 is 5.32 Å². The Morgan fingerprint density at radius 1 is 1.12 bits per heavy atom. The van der Waals surface area contributed by atoms with E-state index in [9.17, 15) is 9.59 Å². The molecule has 1 aromatic carbocycles. The average Bonchev–Trinajstić information content (AvgIpc) is 2.77. The Hall–Kier alpha value is -2.06. The molecule has 1 atom stereocenters. The zero-order valence-electron chi connectivity index (χ0n) is 19.8. The minimum Gasteiger partial charge on any atom is -0.466 e. The number of nitrogens with one attached hydrogen (secondary N) is 1. The summed E-state index contributed by atoms with van der Waals surface area (Å²) in [5.41, 5.74) is 2.09. The Morgan fingerprint density at radius 3 is 2.48 bits per heavy atom. The Kier molecular flexibility index (Phi) is 10.7. The molecule has 182 valence electrons. The standard InChI is InChI=1S/C24H32Cl2N2O5/c1-6-33-24(30)21-18(14-32-13-8-7-12-28(3)4)27-15(2)19(23(29)31-5)20(21)16-10-9-11-17(25)22(16)26/h9-11,20,27H,6-8,12-14H2,1-5H3. The van der Waals surface area contributed by atoms with Crippen molar-refractivity contribution in [2.24, 2.45) is 0 Å². The third-order valence-electron chi connectivity index (χ3n) is 5.23. The molecule has 0 amide bonds. The summed E-state index contributed by atoms with van der Waals surface area (Å²) in [6, 6.07) is 5.10. The van der Waals surface area contributed by atoms with Crippen LogP contribution in [-0.2, 0) is 23.8 Å². The van der Waals surface area contributed by atoms with Gasteiger partial charge in [-0.1, -0.05) is 35.3 Å². The predicted octanol–water partition coefficient (Wildman–Crippen LogP) is 4.30. The van der Waals surface area contributed by atoms with Crippen LogP contribution in [0.15, 0.2) is 40.7 Å². The highest BCUT2D eigenvalue weighted by Crippen LogP contribution is 2.43. The Labute approximate surface area is 205 Å². The number of halogens is 2. The molecule has 1 aromatic rings. The molecule has 0 aliphatic carbocycles. The molecular weight excluding hydrogens is 467 g/mol. The van der Waals surface area contributed by atoms with E-state index in [0.29, 0.717) is 28.6 Å². The maximum Gasteiger partial charge on any atom is 0.336 e. The van der Waals surface area contributed by atoms with Crippen molar-refractivity contribution in [3.8, 4) is 0 Å². The molecule has 0 spiro atoms. The summed E-state index contributed by atoms with van der Waals surface area (Å²) in [6.45, 7) is 5.29. The number of unbranched alkanes of at least 4 members (excludes halogenated alkanes) is 1. The summed E-state index contributed by atoms with van der Waals surface area (Å²) >= 11 is 12.8. The second-order valence-corrected chi connectivity index (χ2v) is 8.69. The van der Waals surface area contributed by atoms with Crippen LogP contribution in [0.2, 0.25) is 10.0 Å². The summed E-state index contributed by atoms with van der Waals surface area (Å²) < 4.78 is 16.3. The fourth-order valence-electron chi connectivity index (χ4n) is 3.70. The lowest BCUT2D eigenvalue weighted by Crippen LogP contribution is -2.35. The van der Waals surface area contributed by atoms with E-state index >= 15 is 0 Å². The van der Waals surface area contributed by atoms with Crippen molar-refractivity contribution in [1.82, 2.24) is 10.2 Å². The smallest absolute Gasteiger partial charge is 0.336 e. The molecule has 9 heteroatoms. The molecule has 0 bridgehead atoms. The zero-order chi connectivity index (χ0) is 24.5. The van der Waals surface area contributed by atoms with Crippen LogP contribution in [0.4, 0.5) is 0 Å².